The number of nitrogens with zero attached hydrogens (tertiary/aromatic N) is 2. The number of hydrogen-bond donors (Lipinski definition) is 1. The molecule has 8 heteroatoms. The third kappa shape index (κ3) is 5.06. The van der Waals surface area contributed by atoms with E-state index in [1.807, 2.05) is 66.7 Å². The lowest BCUT2D eigenvalue weighted by atomic mass is 10.0. The van der Waals surface area contributed by atoms with E-state index >= 15 is 0 Å². The Morgan fingerprint density at radius 3 is 2.46 bits per heavy atom. The zero-order valence-electron chi connectivity index (χ0n) is 18.3. The standard InChI is InChI=1S/C27H18ClN3O3S/c28-21-12-6-4-11-19(21)24-16-35-27(30-24)31-25(32)15-34-26(33)20-14-23(17-8-2-1-3-9-17)29-22-13-7-5-10-18(20)22/h1-14,16H,15H2,(H,30,31,32). The van der Waals surface area contributed by atoms with E-state index in [1.165, 1.54) is 11.3 Å². The SMILES string of the molecule is O=C(COC(=O)c1cc(-c2ccccc2)nc2ccccc12)Nc1nc(-c2ccccc2Cl)cs1. The van der Waals surface area contributed by atoms with Crippen LogP contribution in [0.15, 0.2) is 90.3 Å². The second-order valence-corrected chi connectivity index (χ2v) is 8.85. The van der Waals surface area contributed by atoms with Gasteiger partial charge >= 0.3 is 5.97 Å². The summed E-state index contributed by atoms with van der Waals surface area (Å²) >= 11 is 7.49. The highest BCUT2D eigenvalue weighted by Gasteiger charge is 2.17. The van der Waals surface area contributed by atoms with Gasteiger partial charge in [0.05, 0.1) is 22.5 Å². The number of ether oxygens (including phenoxy) is 1. The second-order valence-electron chi connectivity index (χ2n) is 7.58. The minimum absolute atomic E-state index is 0.345. The zero-order valence-corrected chi connectivity index (χ0v) is 19.8. The van der Waals surface area contributed by atoms with Crippen LogP contribution in [0.5, 0.6) is 0 Å². The summed E-state index contributed by atoms with van der Waals surface area (Å²) in [5.41, 5.74) is 3.97. The van der Waals surface area contributed by atoms with Gasteiger partial charge < -0.3 is 4.74 Å². The summed E-state index contributed by atoms with van der Waals surface area (Å²) < 4.78 is 5.35. The third-order valence-corrected chi connectivity index (χ3v) is 6.33. The van der Waals surface area contributed by atoms with Crippen LogP contribution >= 0.6 is 22.9 Å². The van der Waals surface area contributed by atoms with Gasteiger partial charge in [0.1, 0.15) is 0 Å². The number of pyridine rings is 1. The monoisotopic (exact) mass is 499 g/mol. The van der Waals surface area contributed by atoms with Crippen molar-refractivity contribution >= 4 is 50.8 Å². The first-order valence-corrected chi connectivity index (χ1v) is 12.0. The first-order chi connectivity index (χ1) is 17.1. The maximum Gasteiger partial charge on any atom is 0.339 e. The van der Waals surface area contributed by atoms with Crippen LogP contribution in [0.1, 0.15) is 10.4 Å². The Morgan fingerprint density at radius 1 is 0.886 bits per heavy atom. The number of fused-ring (bicyclic) bond motifs is 1. The van der Waals surface area contributed by atoms with Gasteiger partial charge in [0.25, 0.3) is 5.91 Å². The Morgan fingerprint density at radius 2 is 1.63 bits per heavy atom. The lowest BCUT2D eigenvalue weighted by Crippen LogP contribution is -2.21. The molecule has 0 aliphatic rings. The van der Waals surface area contributed by atoms with Gasteiger partial charge in [0, 0.05) is 26.9 Å². The number of rotatable bonds is 6. The van der Waals surface area contributed by atoms with E-state index < -0.39 is 18.5 Å². The molecule has 0 aliphatic heterocycles. The second kappa shape index (κ2) is 10.0. The van der Waals surface area contributed by atoms with Crippen LogP contribution in [0.25, 0.3) is 33.4 Å². The first-order valence-electron chi connectivity index (χ1n) is 10.7. The number of carbonyl (C=O) groups excluding carboxylic acids is 2. The number of thiazole rings is 1. The summed E-state index contributed by atoms with van der Waals surface area (Å²) in [4.78, 5) is 34.5. The van der Waals surface area contributed by atoms with Gasteiger partial charge in [-0.3, -0.25) is 10.1 Å². The Kier molecular flexibility index (Phi) is 6.52. The first kappa shape index (κ1) is 22.7. The van der Waals surface area contributed by atoms with Crippen molar-refractivity contribution in [2.24, 2.45) is 0 Å². The van der Waals surface area contributed by atoms with Crippen LogP contribution in [-0.2, 0) is 9.53 Å². The summed E-state index contributed by atoms with van der Waals surface area (Å²) in [6, 6.07) is 25.9. The molecule has 0 radical (unpaired) electrons. The van der Waals surface area contributed by atoms with Gasteiger partial charge in [-0.1, -0.05) is 78.3 Å². The molecule has 1 N–H and O–H groups in total. The van der Waals surface area contributed by atoms with E-state index in [9.17, 15) is 9.59 Å². The molecule has 3 aromatic carbocycles. The molecule has 0 saturated heterocycles. The highest BCUT2D eigenvalue weighted by atomic mass is 35.5. The number of nitrogens with one attached hydrogen (secondary N) is 1. The number of halogens is 1. The Hall–Kier alpha value is -4.07. The van der Waals surface area contributed by atoms with E-state index in [0.717, 1.165) is 11.1 Å². The smallest absolute Gasteiger partial charge is 0.339 e. The number of hydrogen-bond acceptors (Lipinski definition) is 6. The van der Waals surface area contributed by atoms with Crippen LogP contribution in [-0.4, -0.2) is 28.5 Å². The van der Waals surface area contributed by atoms with Gasteiger partial charge in [-0.2, -0.15) is 0 Å². The van der Waals surface area contributed by atoms with Crippen molar-refractivity contribution in [2.45, 2.75) is 0 Å². The molecular weight excluding hydrogens is 482 g/mol. The Bertz CT molecular complexity index is 1540. The predicted octanol–water partition coefficient (Wildman–Crippen LogP) is 6.47. The maximum atomic E-state index is 13.0. The molecule has 0 atom stereocenters. The molecule has 0 fully saturated rings. The molecule has 1 amide bonds. The minimum atomic E-state index is -0.605. The number of anilines is 1. The lowest BCUT2D eigenvalue weighted by molar-refractivity contribution is -0.119. The van der Waals surface area contributed by atoms with Crippen molar-refractivity contribution in [3.8, 4) is 22.5 Å². The molecule has 0 aliphatic carbocycles. The summed E-state index contributed by atoms with van der Waals surface area (Å²) in [5, 5.41) is 6.09. The van der Waals surface area contributed by atoms with E-state index in [4.69, 9.17) is 16.3 Å². The third-order valence-electron chi connectivity index (χ3n) is 5.24. The fraction of sp³-hybridized carbons (Fsp3) is 0.0370. The van der Waals surface area contributed by atoms with Crippen molar-refractivity contribution in [2.75, 3.05) is 11.9 Å². The molecular formula is C27H18ClN3O3S. The number of carbonyl (C=O) groups is 2. The molecule has 0 unspecified atom stereocenters. The fourth-order valence-corrected chi connectivity index (χ4v) is 4.55. The van der Waals surface area contributed by atoms with Crippen LogP contribution in [0.4, 0.5) is 5.13 Å². The van der Waals surface area contributed by atoms with Crippen LogP contribution in [0.3, 0.4) is 0 Å². The maximum absolute atomic E-state index is 13.0. The van der Waals surface area contributed by atoms with E-state index in [1.54, 1.807) is 23.6 Å². The van der Waals surface area contributed by atoms with E-state index in [-0.39, 0.29) is 0 Å². The molecule has 6 nitrogen and oxygen atoms in total. The number of para-hydroxylation sites is 1. The Balaban J connectivity index is 1.30. The van der Waals surface area contributed by atoms with Crippen molar-refractivity contribution in [3.05, 3.63) is 101 Å². The van der Waals surface area contributed by atoms with Gasteiger partial charge in [0.15, 0.2) is 11.7 Å². The summed E-state index contributed by atoms with van der Waals surface area (Å²) in [5.74, 6) is -1.09. The normalized spacial score (nSPS) is 10.8. The highest BCUT2D eigenvalue weighted by Crippen LogP contribution is 2.30. The average molecular weight is 500 g/mol. The Labute approximate surface area is 210 Å². The van der Waals surface area contributed by atoms with E-state index in [0.29, 0.717) is 38.0 Å². The lowest BCUT2D eigenvalue weighted by Gasteiger charge is -2.10. The van der Waals surface area contributed by atoms with Gasteiger partial charge in [-0.05, 0) is 18.2 Å². The minimum Gasteiger partial charge on any atom is -0.452 e. The average Bonchev–Trinajstić information content (AvgIpc) is 3.35. The number of aromatic nitrogens is 2. The predicted molar refractivity (Wildman–Crippen MR) is 139 cm³/mol. The van der Waals surface area contributed by atoms with Crippen molar-refractivity contribution in [1.29, 1.82) is 0 Å². The van der Waals surface area contributed by atoms with Crippen molar-refractivity contribution in [3.63, 3.8) is 0 Å². The molecule has 35 heavy (non-hydrogen) atoms. The quantitative estimate of drug-likeness (QED) is 0.271. The summed E-state index contributed by atoms with van der Waals surface area (Å²) in [7, 11) is 0. The topological polar surface area (TPSA) is 81.2 Å². The molecule has 0 spiro atoms. The van der Waals surface area contributed by atoms with Crippen molar-refractivity contribution in [1.82, 2.24) is 9.97 Å². The molecule has 172 valence electrons. The van der Waals surface area contributed by atoms with Gasteiger partial charge in [0.2, 0.25) is 0 Å². The number of amides is 1. The van der Waals surface area contributed by atoms with Crippen LogP contribution in [0.2, 0.25) is 5.02 Å². The van der Waals surface area contributed by atoms with Crippen LogP contribution < -0.4 is 5.32 Å². The largest absolute Gasteiger partial charge is 0.452 e. The van der Waals surface area contributed by atoms with Gasteiger partial charge in [-0.15, -0.1) is 11.3 Å². The number of benzene rings is 3. The molecule has 0 bridgehead atoms. The summed E-state index contributed by atoms with van der Waals surface area (Å²) in [6.07, 6.45) is 0. The molecule has 5 aromatic rings. The fourth-order valence-electron chi connectivity index (χ4n) is 3.59. The zero-order chi connectivity index (χ0) is 24.2. The van der Waals surface area contributed by atoms with Crippen molar-refractivity contribution < 1.29 is 14.3 Å². The van der Waals surface area contributed by atoms with E-state index in [2.05, 4.69) is 15.3 Å². The summed E-state index contributed by atoms with van der Waals surface area (Å²) in [6.45, 7) is -0.447. The molecule has 2 heterocycles. The molecule has 2 aromatic heterocycles. The number of esters is 1. The van der Waals surface area contributed by atoms with Crippen LogP contribution in [0, 0.1) is 0 Å². The highest BCUT2D eigenvalue weighted by molar-refractivity contribution is 7.14. The molecule has 0 saturated carbocycles. The molecule has 5 rings (SSSR count). The van der Waals surface area contributed by atoms with Gasteiger partial charge in [-0.25, -0.2) is 14.8 Å².